The molecule has 1 atom stereocenters. The van der Waals surface area contributed by atoms with Gasteiger partial charge >= 0.3 is 5.97 Å². The molecule has 1 aromatic carbocycles. The number of aromatic hydroxyl groups is 1. The van der Waals surface area contributed by atoms with E-state index >= 15 is 0 Å². The van der Waals surface area contributed by atoms with E-state index < -0.39 is 12.0 Å². The topological polar surface area (TPSA) is 101 Å². The number of hydrogen-bond donors (Lipinski definition) is 3. The Labute approximate surface area is 92.5 Å². The summed E-state index contributed by atoms with van der Waals surface area (Å²) in [5, 5.41) is 18.1. The van der Waals surface area contributed by atoms with E-state index in [0.717, 1.165) is 0 Å². The molecule has 0 spiro atoms. The second-order valence-electron chi connectivity index (χ2n) is 3.38. The van der Waals surface area contributed by atoms with Crippen LogP contribution in [0.25, 0.3) is 0 Å². The number of carbonyl (C=O) groups is 2. The monoisotopic (exact) mass is 223 g/mol. The summed E-state index contributed by atoms with van der Waals surface area (Å²) in [4.78, 5) is 22.1. The molecule has 0 aliphatic rings. The normalized spacial score (nSPS) is 12.1. The Kier molecular flexibility index (Phi) is 3.63. The van der Waals surface area contributed by atoms with Crippen LogP contribution in [0.4, 0.5) is 0 Å². The van der Waals surface area contributed by atoms with E-state index in [1.54, 1.807) is 6.92 Å². The standard InChI is InChI=1S/C11H13NO4/c1-2-8(13)10(12)6-3-4-9(14)7(5-6)11(15)16/h3-5,10,14H,2,12H2,1H3,(H,15,16)/t10-/m1/s1. The molecule has 86 valence electrons. The van der Waals surface area contributed by atoms with Crippen LogP contribution in [-0.4, -0.2) is 22.0 Å². The Morgan fingerprint density at radius 3 is 2.56 bits per heavy atom. The molecule has 1 rings (SSSR count). The van der Waals surface area contributed by atoms with E-state index in [2.05, 4.69) is 0 Å². The summed E-state index contributed by atoms with van der Waals surface area (Å²) in [6.45, 7) is 1.68. The van der Waals surface area contributed by atoms with Crippen molar-refractivity contribution in [2.45, 2.75) is 19.4 Å². The lowest BCUT2D eigenvalue weighted by Crippen LogP contribution is -2.20. The lowest BCUT2D eigenvalue weighted by molar-refractivity contribution is -0.120. The Morgan fingerprint density at radius 1 is 1.44 bits per heavy atom. The minimum atomic E-state index is -1.25. The zero-order chi connectivity index (χ0) is 12.3. The van der Waals surface area contributed by atoms with Gasteiger partial charge in [-0.05, 0) is 17.7 Å². The lowest BCUT2D eigenvalue weighted by atomic mass is 9.99. The van der Waals surface area contributed by atoms with E-state index in [1.165, 1.54) is 18.2 Å². The fraction of sp³-hybridized carbons (Fsp3) is 0.273. The second kappa shape index (κ2) is 4.76. The maximum absolute atomic E-state index is 11.3. The fourth-order valence-corrected chi connectivity index (χ4v) is 1.32. The van der Waals surface area contributed by atoms with Crippen molar-refractivity contribution in [3.8, 4) is 5.75 Å². The predicted molar refractivity (Wildman–Crippen MR) is 57.3 cm³/mol. The third-order valence-corrected chi connectivity index (χ3v) is 2.31. The van der Waals surface area contributed by atoms with Crippen LogP contribution < -0.4 is 5.73 Å². The van der Waals surface area contributed by atoms with Crippen molar-refractivity contribution >= 4 is 11.8 Å². The molecule has 1 aromatic rings. The van der Waals surface area contributed by atoms with Gasteiger partial charge < -0.3 is 15.9 Å². The van der Waals surface area contributed by atoms with Gasteiger partial charge in [-0.25, -0.2) is 4.79 Å². The Morgan fingerprint density at radius 2 is 2.06 bits per heavy atom. The summed E-state index contributed by atoms with van der Waals surface area (Å²) in [7, 11) is 0. The smallest absolute Gasteiger partial charge is 0.339 e. The average Bonchev–Trinajstić information content (AvgIpc) is 2.27. The van der Waals surface area contributed by atoms with Gasteiger partial charge in [-0.3, -0.25) is 4.79 Å². The van der Waals surface area contributed by atoms with E-state index in [9.17, 15) is 14.7 Å². The first kappa shape index (κ1) is 12.2. The van der Waals surface area contributed by atoms with Gasteiger partial charge in [-0.2, -0.15) is 0 Å². The quantitative estimate of drug-likeness (QED) is 0.708. The summed E-state index contributed by atoms with van der Waals surface area (Å²) in [5.74, 6) is -1.77. The number of aromatic carboxylic acids is 1. The molecule has 0 amide bonds. The predicted octanol–water partition coefficient (Wildman–Crippen LogP) is 1.07. The molecule has 0 heterocycles. The van der Waals surface area contributed by atoms with Crippen LogP contribution in [0, 0.1) is 0 Å². The van der Waals surface area contributed by atoms with Gasteiger partial charge in [0.05, 0.1) is 6.04 Å². The van der Waals surface area contributed by atoms with Gasteiger partial charge in [0.2, 0.25) is 0 Å². The van der Waals surface area contributed by atoms with Crippen LogP contribution >= 0.6 is 0 Å². The van der Waals surface area contributed by atoms with E-state index in [1.807, 2.05) is 0 Å². The van der Waals surface area contributed by atoms with Gasteiger partial charge in [0.15, 0.2) is 5.78 Å². The van der Waals surface area contributed by atoms with Crippen molar-refractivity contribution in [2.75, 3.05) is 0 Å². The number of phenols is 1. The number of benzene rings is 1. The number of rotatable bonds is 4. The number of hydrogen-bond acceptors (Lipinski definition) is 4. The zero-order valence-corrected chi connectivity index (χ0v) is 8.80. The number of carboxylic acid groups (broad SMARTS) is 1. The number of carbonyl (C=O) groups excluding carboxylic acids is 1. The summed E-state index contributed by atoms with van der Waals surface area (Å²) in [6.07, 6.45) is 0.282. The number of Topliss-reactive ketones (excluding diaryl/α,β-unsaturated/α-hetero) is 1. The maximum atomic E-state index is 11.3. The van der Waals surface area contributed by atoms with Crippen molar-refractivity contribution in [3.63, 3.8) is 0 Å². The molecule has 0 unspecified atom stereocenters. The molecule has 0 saturated heterocycles. The first-order valence-electron chi connectivity index (χ1n) is 4.81. The van der Waals surface area contributed by atoms with Gasteiger partial charge in [-0.1, -0.05) is 13.0 Å². The van der Waals surface area contributed by atoms with Crippen LogP contribution in [0.3, 0.4) is 0 Å². The fourth-order valence-electron chi connectivity index (χ4n) is 1.32. The minimum Gasteiger partial charge on any atom is -0.507 e. The molecule has 0 aliphatic carbocycles. The first-order valence-corrected chi connectivity index (χ1v) is 4.81. The third kappa shape index (κ3) is 2.38. The highest BCUT2D eigenvalue weighted by molar-refractivity contribution is 5.92. The van der Waals surface area contributed by atoms with Crippen molar-refractivity contribution in [2.24, 2.45) is 5.73 Å². The van der Waals surface area contributed by atoms with Crippen LogP contribution in [0.5, 0.6) is 5.75 Å². The van der Waals surface area contributed by atoms with Gasteiger partial charge in [0, 0.05) is 6.42 Å². The molecule has 0 aromatic heterocycles. The van der Waals surface area contributed by atoms with Crippen molar-refractivity contribution < 1.29 is 19.8 Å². The van der Waals surface area contributed by atoms with E-state index in [4.69, 9.17) is 10.8 Å². The molecule has 0 aliphatic heterocycles. The number of nitrogens with two attached hydrogens (primary N) is 1. The lowest BCUT2D eigenvalue weighted by Gasteiger charge is -2.10. The van der Waals surface area contributed by atoms with Crippen LogP contribution in [0.15, 0.2) is 18.2 Å². The molecule has 5 nitrogen and oxygen atoms in total. The van der Waals surface area contributed by atoms with Gasteiger partial charge in [-0.15, -0.1) is 0 Å². The van der Waals surface area contributed by atoms with Crippen molar-refractivity contribution in [1.29, 1.82) is 0 Å². The van der Waals surface area contributed by atoms with E-state index in [0.29, 0.717) is 5.56 Å². The average molecular weight is 223 g/mol. The largest absolute Gasteiger partial charge is 0.507 e. The van der Waals surface area contributed by atoms with Crippen molar-refractivity contribution in [1.82, 2.24) is 0 Å². The summed E-state index contributed by atoms with van der Waals surface area (Å²) >= 11 is 0. The maximum Gasteiger partial charge on any atom is 0.339 e. The molecule has 0 bridgehead atoms. The number of carboxylic acids is 1. The molecule has 0 fully saturated rings. The number of ketones is 1. The van der Waals surface area contributed by atoms with Crippen molar-refractivity contribution in [3.05, 3.63) is 29.3 Å². The third-order valence-electron chi connectivity index (χ3n) is 2.31. The Balaban J connectivity index is 3.12. The molecule has 0 radical (unpaired) electrons. The SMILES string of the molecule is CCC(=O)[C@H](N)c1ccc(O)c(C(=O)O)c1. The molecular formula is C11H13NO4. The summed E-state index contributed by atoms with van der Waals surface area (Å²) < 4.78 is 0. The molecule has 16 heavy (non-hydrogen) atoms. The Bertz CT molecular complexity index is 428. The minimum absolute atomic E-state index is 0.179. The first-order chi connectivity index (χ1) is 7.47. The van der Waals surface area contributed by atoms with Crippen LogP contribution in [0.1, 0.15) is 35.3 Å². The Hall–Kier alpha value is -1.88. The molecule has 4 N–H and O–H groups in total. The second-order valence-corrected chi connectivity index (χ2v) is 3.38. The summed E-state index contributed by atoms with van der Waals surface area (Å²) in [5.41, 5.74) is 5.78. The van der Waals surface area contributed by atoms with Gasteiger partial charge in [0.25, 0.3) is 0 Å². The molecule has 5 heteroatoms. The summed E-state index contributed by atoms with van der Waals surface area (Å²) in [6, 6.07) is 3.04. The molecular weight excluding hydrogens is 210 g/mol. The van der Waals surface area contributed by atoms with Crippen LogP contribution in [0.2, 0.25) is 0 Å². The molecule has 0 saturated carbocycles. The zero-order valence-electron chi connectivity index (χ0n) is 8.80. The highest BCUT2D eigenvalue weighted by Crippen LogP contribution is 2.22. The van der Waals surface area contributed by atoms with Crippen LogP contribution in [-0.2, 0) is 4.79 Å². The highest BCUT2D eigenvalue weighted by Gasteiger charge is 2.17. The highest BCUT2D eigenvalue weighted by atomic mass is 16.4. The van der Waals surface area contributed by atoms with Gasteiger partial charge in [0.1, 0.15) is 11.3 Å². The van der Waals surface area contributed by atoms with E-state index in [-0.39, 0.29) is 23.5 Å².